The number of hydrogen-bond donors (Lipinski definition) is 3. The summed E-state index contributed by atoms with van der Waals surface area (Å²) in [6.07, 6.45) is 1.53. The number of rotatable bonds is 5. The van der Waals surface area contributed by atoms with Crippen molar-refractivity contribution in [2.24, 2.45) is 0 Å². The molecule has 0 radical (unpaired) electrons. The number of benzene rings is 1. The summed E-state index contributed by atoms with van der Waals surface area (Å²) in [6.45, 7) is 2.81. The summed E-state index contributed by atoms with van der Waals surface area (Å²) < 4.78 is 0. The Morgan fingerprint density at radius 2 is 2.33 bits per heavy atom. The van der Waals surface area contributed by atoms with Gasteiger partial charge in [-0.2, -0.15) is 0 Å². The van der Waals surface area contributed by atoms with Crippen molar-refractivity contribution in [3.63, 3.8) is 0 Å². The Balaban J connectivity index is 1.95. The fourth-order valence-corrected chi connectivity index (χ4v) is 2.33. The summed E-state index contributed by atoms with van der Waals surface area (Å²) in [7, 11) is 0. The van der Waals surface area contributed by atoms with Crippen molar-refractivity contribution in [3.05, 3.63) is 29.8 Å². The van der Waals surface area contributed by atoms with Gasteiger partial charge in [-0.15, -0.1) is 0 Å². The number of anilines is 1. The quantitative estimate of drug-likeness (QED) is 0.739. The third kappa shape index (κ3) is 2.82. The Morgan fingerprint density at radius 3 is 3.11 bits per heavy atom. The summed E-state index contributed by atoms with van der Waals surface area (Å²) in [6, 6.07) is 8.03. The maximum absolute atomic E-state index is 12.2. The van der Waals surface area contributed by atoms with Crippen LogP contribution in [0.1, 0.15) is 31.2 Å². The number of aliphatic hydroxyl groups excluding tert-OH is 1. The molecule has 0 bridgehead atoms. The van der Waals surface area contributed by atoms with E-state index < -0.39 is 0 Å². The summed E-state index contributed by atoms with van der Waals surface area (Å²) >= 11 is 0. The van der Waals surface area contributed by atoms with Gasteiger partial charge in [0.05, 0.1) is 5.92 Å². The zero-order valence-electron chi connectivity index (χ0n) is 10.6. The Labute approximate surface area is 107 Å². The number of aliphatic hydroxyl groups is 1. The van der Waals surface area contributed by atoms with Gasteiger partial charge in [-0.1, -0.05) is 18.2 Å². The second-order valence-corrected chi connectivity index (χ2v) is 4.80. The monoisotopic (exact) mass is 248 g/mol. The van der Waals surface area contributed by atoms with E-state index in [9.17, 15) is 4.79 Å². The minimum absolute atomic E-state index is 0.0675. The third-order valence-corrected chi connectivity index (χ3v) is 3.33. The van der Waals surface area contributed by atoms with E-state index >= 15 is 0 Å². The average Bonchev–Trinajstić information content (AvgIpc) is 2.80. The van der Waals surface area contributed by atoms with Gasteiger partial charge in [0.25, 0.3) is 0 Å². The highest BCUT2D eigenvalue weighted by Gasteiger charge is 2.28. The molecule has 98 valence electrons. The van der Waals surface area contributed by atoms with Crippen molar-refractivity contribution in [3.8, 4) is 0 Å². The molecule has 1 amide bonds. The minimum Gasteiger partial charge on any atom is -0.396 e. The smallest absolute Gasteiger partial charge is 0.229 e. The number of hydrogen-bond acceptors (Lipinski definition) is 3. The molecule has 0 saturated carbocycles. The maximum Gasteiger partial charge on any atom is 0.229 e. The van der Waals surface area contributed by atoms with E-state index in [1.807, 2.05) is 31.2 Å². The predicted octanol–water partition coefficient (Wildman–Crippen LogP) is 1.47. The van der Waals surface area contributed by atoms with Gasteiger partial charge < -0.3 is 15.7 Å². The second kappa shape index (κ2) is 5.87. The topological polar surface area (TPSA) is 61.4 Å². The summed E-state index contributed by atoms with van der Waals surface area (Å²) in [5.74, 6) is -0.0318. The summed E-state index contributed by atoms with van der Waals surface area (Å²) in [4.78, 5) is 12.2. The number of nitrogens with one attached hydrogen (secondary N) is 2. The first-order valence-corrected chi connectivity index (χ1v) is 6.46. The molecule has 0 aromatic heterocycles. The number of para-hydroxylation sites is 1. The van der Waals surface area contributed by atoms with Crippen LogP contribution in [0, 0.1) is 0 Å². The minimum atomic E-state index is -0.0993. The van der Waals surface area contributed by atoms with E-state index in [0.717, 1.165) is 24.1 Å². The van der Waals surface area contributed by atoms with Crippen LogP contribution < -0.4 is 10.6 Å². The molecule has 3 N–H and O–H groups in total. The van der Waals surface area contributed by atoms with Gasteiger partial charge in [-0.3, -0.25) is 4.79 Å². The number of carbonyl (C=O) groups is 1. The van der Waals surface area contributed by atoms with Crippen molar-refractivity contribution < 1.29 is 9.90 Å². The van der Waals surface area contributed by atoms with E-state index in [4.69, 9.17) is 5.11 Å². The van der Waals surface area contributed by atoms with Crippen LogP contribution in [0.25, 0.3) is 0 Å². The fourth-order valence-electron chi connectivity index (χ4n) is 2.33. The van der Waals surface area contributed by atoms with Crippen LogP contribution in [0.2, 0.25) is 0 Å². The molecule has 1 aliphatic rings. The van der Waals surface area contributed by atoms with Crippen LogP contribution in [0.5, 0.6) is 0 Å². The fraction of sp³-hybridized carbons (Fsp3) is 0.500. The Hall–Kier alpha value is -1.55. The second-order valence-electron chi connectivity index (χ2n) is 4.80. The molecule has 0 aliphatic carbocycles. The molecule has 1 aromatic rings. The lowest BCUT2D eigenvalue weighted by molar-refractivity contribution is -0.122. The molecule has 1 aliphatic heterocycles. The van der Waals surface area contributed by atoms with Gasteiger partial charge >= 0.3 is 0 Å². The molecule has 1 aromatic carbocycles. The van der Waals surface area contributed by atoms with Gasteiger partial charge in [0.2, 0.25) is 5.91 Å². The van der Waals surface area contributed by atoms with Gasteiger partial charge in [0.1, 0.15) is 0 Å². The highest BCUT2D eigenvalue weighted by Crippen LogP contribution is 2.31. The van der Waals surface area contributed by atoms with Gasteiger partial charge in [-0.05, 0) is 31.4 Å². The zero-order valence-corrected chi connectivity index (χ0v) is 10.6. The highest BCUT2D eigenvalue weighted by molar-refractivity contribution is 5.88. The molecule has 2 atom stereocenters. The largest absolute Gasteiger partial charge is 0.396 e. The molecular formula is C14H20N2O2. The first-order valence-electron chi connectivity index (χ1n) is 6.46. The van der Waals surface area contributed by atoms with E-state index in [1.54, 1.807) is 0 Å². The number of carbonyl (C=O) groups excluding carboxylic acids is 1. The lowest BCUT2D eigenvalue weighted by Crippen LogP contribution is -2.37. The van der Waals surface area contributed by atoms with Gasteiger partial charge in [0, 0.05) is 24.9 Å². The Kier molecular flexibility index (Phi) is 4.20. The van der Waals surface area contributed by atoms with Crippen LogP contribution in [0.4, 0.5) is 5.69 Å². The molecule has 1 heterocycles. The molecule has 0 saturated heterocycles. The average molecular weight is 248 g/mol. The van der Waals surface area contributed by atoms with E-state index in [2.05, 4.69) is 10.6 Å². The molecule has 18 heavy (non-hydrogen) atoms. The van der Waals surface area contributed by atoms with E-state index in [1.165, 1.54) is 0 Å². The standard InChI is InChI=1S/C14H20N2O2/c1-10(5-4-8-17)16-14(18)12-9-15-13-7-3-2-6-11(12)13/h2-3,6-7,10,12,15,17H,4-5,8-9H2,1H3,(H,16,18). The third-order valence-electron chi connectivity index (χ3n) is 3.33. The van der Waals surface area contributed by atoms with Crippen molar-refractivity contribution in [2.45, 2.75) is 31.7 Å². The molecule has 4 heteroatoms. The number of amides is 1. The van der Waals surface area contributed by atoms with E-state index in [-0.39, 0.29) is 24.5 Å². The van der Waals surface area contributed by atoms with Crippen LogP contribution in [-0.4, -0.2) is 30.2 Å². The normalized spacial score (nSPS) is 18.9. The first kappa shape index (κ1) is 12.9. The van der Waals surface area contributed by atoms with Crippen molar-refractivity contribution in [2.75, 3.05) is 18.5 Å². The van der Waals surface area contributed by atoms with Gasteiger partial charge in [0.15, 0.2) is 0 Å². The molecule has 4 nitrogen and oxygen atoms in total. The lowest BCUT2D eigenvalue weighted by Gasteiger charge is -2.16. The van der Waals surface area contributed by atoms with Crippen molar-refractivity contribution >= 4 is 11.6 Å². The van der Waals surface area contributed by atoms with Crippen LogP contribution in [0.15, 0.2) is 24.3 Å². The first-order chi connectivity index (χ1) is 8.72. The van der Waals surface area contributed by atoms with Crippen LogP contribution in [0.3, 0.4) is 0 Å². The summed E-state index contributed by atoms with van der Waals surface area (Å²) in [5, 5.41) is 15.0. The number of fused-ring (bicyclic) bond motifs is 1. The van der Waals surface area contributed by atoms with Crippen LogP contribution >= 0.6 is 0 Å². The van der Waals surface area contributed by atoms with E-state index in [0.29, 0.717) is 6.54 Å². The lowest BCUT2D eigenvalue weighted by atomic mass is 10.00. The van der Waals surface area contributed by atoms with Crippen molar-refractivity contribution in [1.82, 2.24) is 5.32 Å². The zero-order chi connectivity index (χ0) is 13.0. The molecule has 2 rings (SSSR count). The summed E-state index contributed by atoms with van der Waals surface area (Å²) in [5.41, 5.74) is 2.13. The molecule has 0 fully saturated rings. The molecular weight excluding hydrogens is 228 g/mol. The predicted molar refractivity (Wildman–Crippen MR) is 71.6 cm³/mol. The van der Waals surface area contributed by atoms with Gasteiger partial charge in [-0.25, -0.2) is 0 Å². The molecule has 2 unspecified atom stereocenters. The van der Waals surface area contributed by atoms with Crippen LogP contribution in [-0.2, 0) is 4.79 Å². The Bertz CT molecular complexity index is 420. The molecule has 0 spiro atoms. The maximum atomic E-state index is 12.2. The Morgan fingerprint density at radius 1 is 1.56 bits per heavy atom. The highest BCUT2D eigenvalue weighted by atomic mass is 16.3. The van der Waals surface area contributed by atoms with Crippen molar-refractivity contribution in [1.29, 1.82) is 0 Å². The SMILES string of the molecule is CC(CCCO)NC(=O)C1CNc2ccccc21.